The summed E-state index contributed by atoms with van der Waals surface area (Å²) in [7, 11) is 2.07. The third-order valence-corrected chi connectivity index (χ3v) is 3.98. The summed E-state index contributed by atoms with van der Waals surface area (Å²) in [5.74, 6) is 1.09. The van der Waals surface area contributed by atoms with Gasteiger partial charge in [0.2, 0.25) is 0 Å². The Morgan fingerprint density at radius 2 is 2.22 bits per heavy atom. The lowest BCUT2D eigenvalue weighted by Gasteiger charge is -2.00. The first-order valence-corrected chi connectivity index (χ1v) is 6.88. The molecule has 0 atom stereocenters. The second-order valence-electron chi connectivity index (χ2n) is 4.38. The highest BCUT2D eigenvalue weighted by Gasteiger charge is 2.10. The fourth-order valence-corrected chi connectivity index (χ4v) is 2.89. The molecule has 0 unspecified atom stereocenters. The van der Waals surface area contributed by atoms with E-state index in [0.29, 0.717) is 6.54 Å². The lowest BCUT2D eigenvalue weighted by Crippen LogP contribution is -1.98. The topological polar surface area (TPSA) is 43.8 Å². The van der Waals surface area contributed by atoms with Crippen LogP contribution in [0.2, 0.25) is 0 Å². The van der Waals surface area contributed by atoms with Crippen molar-refractivity contribution in [3.63, 3.8) is 0 Å². The smallest absolute Gasteiger partial charge is 0.114 e. The first kappa shape index (κ1) is 11.4. The van der Waals surface area contributed by atoms with E-state index in [0.717, 1.165) is 28.8 Å². The van der Waals surface area contributed by atoms with Gasteiger partial charge < -0.3 is 10.3 Å². The molecule has 0 aliphatic carbocycles. The van der Waals surface area contributed by atoms with E-state index in [-0.39, 0.29) is 0 Å². The maximum Gasteiger partial charge on any atom is 0.114 e. The Bertz CT molecular complexity index is 668. The molecule has 18 heavy (non-hydrogen) atoms. The van der Waals surface area contributed by atoms with Crippen molar-refractivity contribution >= 4 is 22.4 Å². The van der Waals surface area contributed by atoms with Gasteiger partial charge >= 0.3 is 0 Å². The Morgan fingerprint density at radius 1 is 1.33 bits per heavy atom. The van der Waals surface area contributed by atoms with Crippen LogP contribution in [-0.4, -0.2) is 9.55 Å². The molecule has 0 aliphatic rings. The van der Waals surface area contributed by atoms with Crippen LogP contribution in [-0.2, 0) is 20.0 Å². The molecule has 2 heterocycles. The van der Waals surface area contributed by atoms with Gasteiger partial charge in [-0.2, -0.15) is 11.3 Å². The molecular formula is C14H15N3S. The molecule has 3 aromatic rings. The third-order valence-electron chi connectivity index (χ3n) is 3.25. The third kappa shape index (κ3) is 1.83. The molecule has 0 radical (unpaired) electrons. The van der Waals surface area contributed by atoms with E-state index in [1.807, 2.05) is 12.1 Å². The summed E-state index contributed by atoms with van der Waals surface area (Å²) in [4.78, 5) is 4.75. The number of hydrogen-bond acceptors (Lipinski definition) is 3. The number of rotatable bonds is 3. The Labute approximate surface area is 110 Å². The highest BCUT2D eigenvalue weighted by atomic mass is 32.1. The average molecular weight is 257 g/mol. The minimum Gasteiger partial charge on any atom is -0.331 e. The van der Waals surface area contributed by atoms with Crippen LogP contribution in [0, 0.1) is 0 Å². The number of benzene rings is 1. The number of thiophene rings is 1. The monoisotopic (exact) mass is 257 g/mol. The van der Waals surface area contributed by atoms with Crippen molar-refractivity contribution in [2.75, 3.05) is 0 Å². The lowest BCUT2D eigenvalue weighted by molar-refractivity contribution is 0.846. The van der Waals surface area contributed by atoms with E-state index in [2.05, 4.69) is 34.5 Å². The van der Waals surface area contributed by atoms with Crippen LogP contribution < -0.4 is 5.73 Å². The van der Waals surface area contributed by atoms with Crippen molar-refractivity contribution in [3.8, 4) is 0 Å². The summed E-state index contributed by atoms with van der Waals surface area (Å²) in [5, 5.41) is 4.27. The molecule has 4 heteroatoms. The number of aryl methyl sites for hydroxylation is 1. The number of nitrogens with zero attached hydrogens (tertiary/aromatic N) is 2. The molecule has 0 saturated carbocycles. The zero-order chi connectivity index (χ0) is 12.5. The molecule has 0 bridgehead atoms. The van der Waals surface area contributed by atoms with E-state index in [4.69, 9.17) is 10.7 Å². The maximum absolute atomic E-state index is 5.76. The van der Waals surface area contributed by atoms with Crippen LogP contribution >= 0.6 is 11.3 Å². The predicted molar refractivity (Wildman–Crippen MR) is 75.7 cm³/mol. The van der Waals surface area contributed by atoms with E-state index >= 15 is 0 Å². The molecule has 0 aliphatic heterocycles. The number of para-hydroxylation sites is 1. The van der Waals surface area contributed by atoms with Crippen LogP contribution in [0.3, 0.4) is 0 Å². The number of hydrogen-bond donors (Lipinski definition) is 1. The largest absolute Gasteiger partial charge is 0.331 e. The number of imidazole rings is 1. The average Bonchev–Trinajstić information content (AvgIpc) is 3.00. The van der Waals surface area contributed by atoms with Crippen molar-refractivity contribution in [3.05, 3.63) is 52.0 Å². The molecule has 2 N–H and O–H groups in total. The Balaban J connectivity index is 2.10. The van der Waals surface area contributed by atoms with Crippen molar-refractivity contribution in [2.24, 2.45) is 12.8 Å². The normalized spacial score (nSPS) is 11.2. The Hall–Kier alpha value is -1.65. The molecular weight excluding hydrogens is 242 g/mol. The summed E-state index contributed by atoms with van der Waals surface area (Å²) in [6, 6.07) is 8.33. The van der Waals surface area contributed by atoms with Crippen molar-refractivity contribution in [2.45, 2.75) is 13.0 Å². The molecule has 0 amide bonds. The minimum atomic E-state index is 0.534. The van der Waals surface area contributed by atoms with Gasteiger partial charge in [-0.1, -0.05) is 12.1 Å². The Kier molecular flexibility index (Phi) is 2.89. The first-order chi connectivity index (χ1) is 8.79. The van der Waals surface area contributed by atoms with Crippen LogP contribution in [0.5, 0.6) is 0 Å². The molecule has 1 aromatic carbocycles. The van der Waals surface area contributed by atoms with Gasteiger partial charge in [0.25, 0.3) is 0 Å². The minimum absolute atomic E-state index is 0.534. The molecule has 0 fully saturated rings. The van der Waals surface area contributed by atoms with Crippen LogP contribution in [0.25, 0.3) is 11.0 Å². The molecule has 0 spiro atoms. The van der Waals surface area contributed by atoms with Gasteiger partial charge in [0.05, 0.1) is 11.0 Å². The number of fused-ring (bicyclic) bond motifs is 1. The maximum atomic E-state index is 5.76. The molecule has 92 valence electrons. The summed E-state index contributed by atoms with van der Waals surface area (Å²) in [6.45, 7) is 0.534. The summed E-state index contributed by atoms with van der Waals surface area (Å²) in [6.07, 6.45) is 0.874. The fourth-order valence-electron chi connectivity index (χ4n) is 2.22. The van der Waals surface area contributed by atoms with Gasteiger partial charge in [-0.25, -0.2) is 4.98 Å². The van der Waals surface area contributed by atoms with Gasteiger partial charge in [0.1, 0.15) is 5.82 Å². The van der Waals surface area contributed by atoms with E-state index < -0.39 is 0 Å². The van der Waals surface area contributed by atoms with Crippen molar-refractivity contribution < 1.29 is 0 Å². The number of nitrogens with two attached hydrogens (primary N) is 1. The highest BCUT2D eigenvalue weighted by Crippen LogP contribution is 2.21. The van der Waals surface area contributed by atoms with Crippen molar-refractivity contribution in [1.29, 1.82) is 0 Å². The number of aromatic nitrogens is 2. The van der Waals surface area contributed by atoms with Gasteiger partial charge in [-0.15, -0.1) is 0 Å². The van der Waals surface area contributed by atoms with Crippen LogP contribution in [0.1, 0.15) is 17.0 Å². The summed E-state index contributed by atoms with van der Waals surface area (Å²) in [5.41, 5.74) is 10.4. The van der Waals surface area contributed by atoms with Gasteiger partial charge in [0.15, 0.2) is 0 Å². The van der Waals surface area contributed by atoms with E-state index in [1.54, 1.807) is 11.3 Å². The van der Waals surface area contributed by atoms with Crippen LogP contribution in [0.15, 0.2) is 35.0 Å². The molecule has 2 aromatic heterocycles. The predicted octanol–water partition coefficient (Wildman–Crippen LogP) is 2.68. The second kappa shape index (κ2) is 4.55. The summed E-state index contributed by atoms with van der Waals surface area (Å²) < 4.78 is 2.16. The van der Waals surface area contributed by atoms with Gasteiger partial charge in [-0.05, 0) is 34.0 Å². The first-order valence-electron chi connectivity index (χ1n) is 5.94. The van der Waals surface area contributed by atoms with E-state index in [1.165, 1.54) is 5.56 Å². The Morgan fingerprint density at radius 3 is 2.94 bits per heavy atom. The zero-order valence-corrected chi connectivity index (χ0v) is 11.1. The van der Waals surface area contributed by atoms with Crippen LogP contribution in [0.4, 0.5) is 0 Å². The quantitative estimate of drug-likeness (QED) is 0.784. The zero-order valence-electron chi connectivity index (χ0n) is 10.3. The molecule has 3 nitrogen and oxygen atoms in total. The SMILES string of the molecule is Cn1c(Cc2ccsc2)nc2c(CN)cccc21. The van der Waals surface area contributed by atoms with Gasteiger partial charge in [-0.3, -0.25) is 0 Å². The molecule has 0 saturated heterocycles. The standard InChI is InChI=1S/C14H15N3S/c1-17-12-4-2-3-11(8-15)14(12)16-13(17)7-10-5-6-18-9-10/h2-6,9H,7-8,15H2,1H3. The second-order valence-corrected chi connectivity index (χ2v) is 5.16. The fraction of sp³-hybridized carbons (Fsp3) is 0.214. The summed E-state index contributed by atoms with van der Waals surface area (Å²) >= 11 is 1.72. The molecule has 3 rings (SSSR count). The van der Waals surface area contributed by atoms with Crippen molar-refractivity contribution in [1.82, 2.24) is 9.55 Å². The highest BCUT2D eigenvalue weighted by molar-refractivity contribution is 7.07. The lowest BCUT2D eigenvalue weighted by atomic mass is 10.2. The van der Waals surface area contributed by atoms with E-state index in [9.17, 15) is 0 Å². The van der Waals surface area contributed by atoms with Gasteiger partial charge in [0, 0.05) is 20.0 Å².